The zero-order chi connectivity index (χ0) is 23.5. The number of rotatable bonds is 4. The molecule has 0 aliphatic heterocycles. The largest absolute Gasteiger partial charge is 0.458 e. The van der Waals surface area contributed by atoms with E-state index in [1.165, 1.54) is 13.8 Å². The molecule has 0 aromatic carbocycles. The van der Waals surface area contributed by atoms with Crippen molar-refractivity contribution in [3.05, 3.63) is 11.6 Å². The number of aliphatic hydroxyl groups excluding tert-OH is 1. The highest BCUT2D eigenvalue weighted by molar-refractivity contribution is 5.93. The molecule has 1 N–H and O–H groups in total. The number of hydrogen-bond acceptors (Lipinski definition) is 7. The Labute approximate surface area is 188 Å². The van der Waals surface area contributed by atoms with Crippen LogP contribution in [0.25, 0.3) is 0 Å². The summed E-state index contributed by atoms with van der Waals surface area (Å²) < 4.78 is 10.8. The van der Waals surface area contributed by atoms with Gasteiger partial charge in [-0.2, -0.15) is 0 Å². The fourth-order valence-corrected chi connectivity index (χ4v) is 7.89. The van der Waals surface area contributed by atoms with E-state index in [4.69, 9.17) is 9.47 Å². The van der Waals surface area contributed by atoms with Gasteiger partial charge in [0.2, 0.25) is 5.78 Å². The summed E-state index contributed by atoms with van der Waals surface area (Å²) >= 11 is 0. The quantitative estimate of drug-likeness (QED) is 0.662. The lowest BCUT2D eigenvalue weighted by atomic mass is 9.45. The van der Waals surface area contributed by atoms with Crippen molar-refractivity contribution >= 4 is 23.5 Å². The minimum Gasteiger partial charge on any atom is -0.458 e. The van der Waals surface area contributed by atoms with E-state index in [0.29, 0.717) is 25.7 Å². The van der Waals surface area contributed by atoms with Crippen molar-refractivity contribution in [2.45, 2.75) is 84.3 Å². The third-order valence-corrected chi connectivity index (χ3v) is 9.19. The smallest absolute Gasteiger partial charge is 0.303 e. The predicted molar refractivity (Wildman–Crippen MR) is 114 cm³/mol. The molecular weight excluding hydrogens is 412 g/mol. The lowest BCUT2D eigenvalue weighted by molar-refractivity contribution is -0.201. The number of aliphatic hydroxyl groups is 1. The van der Waals surface area contributed by atoms with Crippen LogP contribution < -0.4 is 0 Å². The van der Waals surface area contributed by atoms with Gasteiger partial charge in [-0.15, -0.1) is 0 Å². The van der Waals surface area contributed by atoms with Gasteiger partial charge in [0, 0.05) is 25.7 Å². The molecule has 3 fully saturated rings. The van der Waals surface area contributed by atoms with Crippen molar-refractivity contribution in [2.24, 2.45) is 28.6 Å². The molecule has 32 heavy (non-hydrogen) atoms. The Balaban J connectivity index is 1.72. The summed E-state index contributed by atoms with van der Waals surface area (Å²) in [4.78, 5) is 48.9. The molecule has 0 amide bonds. The summed E-state index contributed by atoms with van der Waals surface area (Å²) in [6, 6.07) is 0. The van der Waals surface area contributed by atoms with Crippen LogP contribution in [0.4, 0.5) is 0 Å². The van der Waals surface area contributed by atoms with Gasteiger partial charge in [0.15, 0.2) is 18.0 Å². The normalized spacial score (nSPS) is 42.8. The first-order valence-corrected chi connectivity index (χ1v) is 11.7. The van der Waals surface area contributed by atoms with Gasteiger partial charge in [0.25, 0.3) is 0 Å². The third-order valence-electron chi connectivity index (χ3n) is 9.19. The van der Waals surface area contributed by atoms with E-state index in [9.17, 15) is 24.3 Å². The zero-order valence-electron chi connectivity index (χ0n) is 19.4. The van der Waals surface area contributed by atoms with Crippen LogP contribution in [0.3, 0.4) is 0 Å². The average Bonchev–Trinajstić information content (AvgIpc) is 2.98. The zero-order valence-corrected chi connectivity index (χ0v) is 19.4. The average molecular weight is 447 g/mol. The topological polar surface area (TPSA) is 107 Å². The lowest BCUT2D eigenvalue weighted by Crippen LogP contribution is -2.63. The Hall–Kier alpha value is -2.02. The number of carbonyl (C=O) groups excluding carboxylic acids is 4. The number of hydrogen-bond donors (Lipinski definition) is 1. The molecule has 0 saturated heterocycles. The SMILES string of the molecule is CC(=O)OCC(=O)[C@@]1(OC(C)=O)CC[C@@H]2[C@@H]3CCC4=CC(=O)CC[C@]4(C)[C@H]3[C@@H](O)C[C@@]21C. The number of ether oxygens (including phenoxy) is 2. The van der Waals surface area contributed by atoms with Crippen LogP contribution >= 0.6 is 0 Å². The maximum absolute atomic E-state index is 13.4. The van der Waals surface area contributed by atoms with E-state index in [0.717, 1.165) is 24.8 Å². The summed E-state index contributed by atoms with van der Waals surface area (Å²) in [5, 5.41) is 11.5. The highest BCUT2D eigenvalue weighted by Crippen LogP contribution is 2.68. The fraction of sp³-hybridized carbons (Fsp3) is 0.760. The Bertz CT molecular complexity index is 891. The number of ketones is 2. The van der Waals surface area contributed by atoms with E-state index in [2.05, 4.69) is 6.92 Å². The second kappa shape index (κ2) is 7.79. The molecule has 0 unspecified atom stereocenters. The van der Waals surface area contributed by atoms with Crippen molar-refractivity contribution in [3.8, 4) is 0 Å². The highest BCUT2D eigenvalue weighted by atomic mass is 16.6. The van der Waals surface area contributed by atoms with Gasteiger partial charge in [-0.05, 0) is 67.8 Å². The first-order valence-electron chi connectivity index (χ1n) is 11.7. The van der Waals surface area contributed by atoms with Crippen LogP contribution in [0.2, 0.25) is 0 Å². The van der Waals surface area contributed by atoms with Gasteiger partial charge in [0.1, 0.15) is 0 Å². The molecule has 4 aliphatic rings. The van der Waals surface area contributed by atoms with E-state index in [1.807, 2.05) is 6.92 Å². The Morgan fingerprint density at radius 2 is 1.81 bits per heavy atom. The fourth-order valence-electron chi connectivity index (χ4n) is 7.89. The molecule has 4 rings (SSSR count). The van der Waals surface area contributed by atoms with Crippen LogP contribution in [-0.4, -0.2) is 46.9 Å². The van der Waals surface area contributed by atoms with Gasteiger partial charge in [-0.1, -0.05) is 19.4 Å². The molecular formula is C25H34O7. The van der Waals surface area contributed by atoms with Gasteiger partial charge in [-0.25, -0.2) is 0 Å². The van der Waals surface area contributed by atoms with E-state index >= 15 is 0 Å². The maximum Gasteiger partial charge on any atom is 0.303 e. The molecule has 0 heterocycles. The highest BCUT2D eigenvalue weighted by Gasteiger charge is 2.70. The number of allylic oxidation sites excluding steroid dienone is 1. The molecule has 7 atom stereocenters. The van der Waals surface area contributed by atoms with E-state index < -0.39 is 41.4 Å². The molecule has 0 bridgehead atoms. The molecule has 4 aliphatic carbocycles. The van der Waals surface area contributed by atoms with Crippen LogP contribution in [0.15, 0.2) is 11.6 Å². The van der Waals surface area contributed by atoms with Gasteiger partial charge < -0.3 is 14.6 Å². The molecule has 0 aromatic rings. The second-order valence-corrected chi connectivity index (χ2v) is 10.7. The van der Waals surface area contributed by atoms with Crippen LogP contribution in [-0.2, 0) is 28.7 Å². The number of Topliss-reactive ketones (excluding diaryl/α,β-unsaturated/α-hetero) is 1. The van der Waals surface area contributed by atoms with Gasteiger partial charge >= 0.3 is 11.9 Å². The predicted octanol–water partition coefficient (Wildman–Crippen LogP) is 2.92. The van der Waals surface area contributed by atoms with Crippen molar-refractivity contribution in [1.29, 1.82) is 0 Å². The minimum atomic E-state index is -1.41. The molecule has 0 spiro atoms. The molecule has 0 aromatic heterocycles. The Morgan fingerprint density at radius 3 is 2.47 bits per heavy atom. The summed E-state index contributed by atoms with van der Waals surface area (Å²) in [5.74, 6) is -1.10. The van der Waals surface area contributed by atoms with Crippen LogP contribution in [0.5, 0.6) is 0 Å². The van der Waals surface area contributed by atoms with Crippen LogP contribution in [0.1, 0.15) is 72.6 Å². The third kappa shape index (κ3) is 3.27. The van der Waals surface area contributed by atoms with Gasteiger partial charge in [-0.3, -0.25) is 19.2 Å². The first-order chi connectivity index (χ1) is 14.9. The summed E-state index contributed by atoms with van der Waals surface area (Å²) in [7, 11) is 0. The number of esters is 2. The number of carbonyl (C=O) groups is 4. The Morgan fingerprint density at radius 1 is 1.09 bits per heavy atom. The van der Waals surface area contributed by atoms with Gasteiger partial charge in [0.05, 0.1) is 6.10 Å². The Kier molecular flexibility index (Phi) is 5.63. The van der Waals surface area contributed by atoms with Crippen molar-refractivity contribution in [3.63, 3.8) is 0 Å². The summed E-state index contributed by atoms with van der Waals surface area (Å²) in [6.07, 6.45) is 5.39. The van der Waals surface area contributed by atoms with E-state index in [-0.39, 0.29) is 29.0 Å². The second-order valence-electron chi connectivity index (χ2n) is 10.7. The summed E-state index contributed by atoms with van der Waals surface area (Å²) in [6.45, 7) is 6.22. The van der Waals surface area contributed by atoms with E-state index in [1.54, 1.807) is 6.08 Å². The monoisotopic (exact) mass is 446 g/mol. The van der Waals surface area contributed by atoms with Crippen molar-refractivity contribution in [2.75, 3.05) is 6.61 Å². The molecule has 0 radical (unpaired) electrons. The molecule has 7 nitrogen and oxygen atoms in total. The standard InChI is InChI=1S/C25H34O7/c1-14(26)31-13-21(30)25(32-15(2)27)10-8-19-18-6-5-16-11-17(28)7-9-23(16,3)22(18)20(29)12-24(19,25)4/h11,18-20,22,29H,5-10,12-13H2,1-4H3/t18-,19+,20-,22+,23-,24-,25-/m0/s1. The molecule has 3 saturated carbocycles. The summed E-state index contributed by atoms with van der Waals surface area (Å²) in [5.41, 5.74) is -1.25. The van der Waals surface area contributed by atoms with Crippen molar-refractivity contribution in [1.82, 2.24) is 0 Å². The maximum atomic E-state index is 13.4. The molecule has 176 valence electrons. The van der Waals surface area contributed by atoms with Crippen LogP contribution in [0, 0.1) is 28.6 Å². The number of fused-ring (bicyclic) bond motifs is 5. The first kappa shape index (κ1) is 23.1. The minimum absolute atomic E-state index is 0.00498. The van der Waals surface area contributed by atoms with Crippen molar-refractivity contribution < 1.29 is 33.8 Å². The lowest BCUT2D eigenvalue weighted by Gasteiger charge is -2.60. The molecule has 7 heteroatoms.